The Morgan fingerprint density at radius 3 is 2.71 bits per heavy atom. The SMILES string of the molecule is Cc1noc(-c2cc(-c3ccccc3)c3n(c2=O)CCCc2ccncc2-3)n1. The van der Waals surface area contributed by atoms with Gasteiger partial charge in [0, 0.05) is 30.1 Å². The number of fused-ring (bicyclic) bond motifs is 3. The van der Waals surface area contributed by atoms with Gasteiger partial charge in [0.2, 0.25) is 0 Å². The van der Waals surface area contributed by atoms with Crippen LogP contribution in [0, 0.1) is 6.92 Å². The lowest BCUT2D eigenvalue weighted by Crippen LogP contribution is -2.24. The average Bonchev–Trinajstić information content (AvgIpc) is 3.06. The summed E-state index contributed by atoms with van der Waals surface area (Å²) in [5, 5.41) is 3.86. The number of hydrogen-bond acceptors (Lipinski definition) is 5. The summed E-state index contributed by atoms with van der Waals surface area (Å²) in [5.74, 6) is 0.760. The van der Waals surface area contributed by atoms with Crippen molar-refractivity contribution < 1.29 is 4.52 Å². The van der Waals surface area contributed by atoms with Crippen LogP contribution in [0.4, 0.5) is 0 Å². The molecule has 0 bridgehead atoms. The second-order valence-electron chi connectivity index (χ2n) is 6.93. The van der Waals surface area contributed by atoms with Crippen LogP contribution in [0.15, 0.2) is 64.2 Å². The van der Waals surface area contributed by atoms with E-state index in [9.17, 15) is 4.79 Å². The average molecular weight is 370 g/mol. The second-order valence-corrected chi connectivity index (χ2v) is 6.93. The summed E-state index contributed by atoms with van der Waals surface area (Å²) < 4.78 is 7.17. The number of hydrogen-bond donors (Lipinski definition) is 0. The molecule has 4 heterocycles. The molecule has 1 aliphatic heterocycles. The van der Waals surface area contributed by atoms with Crippen molar-refractivity contribution in [2.24, 2.45) is 0 Å². The lowest BCUT2D eigenvalue weighted by Gasteiger charge is -2.17. The zero-order valence-corrected chi connectivity index (χ0v) is 15.4. The molecule has 0 atom stereocenters. The third-order valence-electron chi connectivity index (χ3n) is 5.13. The molecule has 0 aliphatic carbocycles. The summed E-state index contributed by atoms with van der Waals surface area (Å²) >= 11 is 0. The zero-order valence-electron chi connectivity index (χ0n) is 15.4. The van der Waals surface area contributed by atoms with Crippen molar-refractivity contribution in [3.63, 3.8) is 0 Å². The summed E-state index contributed by atoms with van der Waals surface area (Å²) in [6.45, 7) is 2.37. The van der Waals surface area contributed by atoms with E-state index in [0.29, 0.717) is 17.9 Å². The molecule has 0 N–H and O–H groups in total. The van der Waals surface area contributed by atoms with Crippen LogP contribution in [0.3, 0.4) is 0 Å². The Kier molecular flexibility index (Phi) is 3.90. The van der Waals surface area contributed by atoms with Crippen LogP contribution in [0.25, 0.3) is 33.8 Å². The summed E-state index contributed by atoms with van der Waals surface area (Å²) in [4.78, 5) is 22.0. The fourth-order valence-electron chi connectivity index (χ4n) is 3.85. The Morgan fingerprint density at radius 1 is 1.07 bits per heavy atom. The van der Waals surface area contributed by atoms with E-state index >= 15 is 0 Å². The van der Waals surface area contributed by atoms with Crippen LogP contribution >= 0.6 is 0 Å². The van der Waals surface area contributed by atoms with Gasteiger partial charge in [-0.05, 0) is 43.0 Å². The maximum Gasteiger partial charge on any atom is 0.263 e. The van der Waals surface area contributed by atoms with Crippen LogP contribution in [0.2, 0.25) is 0 Å². The number of rotatable bonds is 2. The van der Waals surface area contributed by atoms with Gasteiger partial charge in [0.1, 0.15) is 5.56 Å². The van der Waals surface area contributed by atoms with E-state index < -0.39 is 0 Å². The summed E-state index contributed by atoms with van der Waals surface area (Å²) in [5.41, 5.74) is 5.41. The maximum atomic E-state index is 13.4. The molecule has 0 spiro atoms. The van der Waals surface area contributed by atoms with E-state index in [1.165, 1.54) is 5.56 Å². The van der Waals surface area contributed by atoms with E-state index in [-0.39, 0.29) is 11.4 Å². The van der Waals surface area contributed by atoms with Gasteiger partial charge in [-0.15, -0.1) is 0 Å². The quantitative estimate of drug-likeness (QED) is 0.535. The lowest BCUT2D eigenvalue weighted by molar-refractivity contribution is 0.424. The largest absolute Gasteiger partial charge is 0.334 e. The van der Waals surface area contributed by atoms with Gasteiger partial charge in [-0.1, -0.05) is 35.5 Å². The molecular formula is C22H18N4O2. The third kappa shape index (κ3) is 2.65. The molecule has 1 aromatic carbocycles. The number of nitrogens with zero attached hydrogens (tertiary/aromatic N) is 4. The Hall–Kier alpha value is -3.54. The number of pyridine rings is 2. The minimum atomic E-state index is -0.116. The molecule has 28 heavy (non-hydrogen) atoms. The highest BCUT2D eigenvalue weighted by Crippen LogP contribution is 2.37. The molecule has 5 rings (SSSR count). The number of aromatic nitrogens is 4. The minimum absolute atomic E-state index is 0.116. The first-order chi connectivity index (χ1) is 13.7. The van der Waals surface area contributed by atoms with E-state index in [1.54, 1.807) is 6.92 Å². The molecule has 1 aliphatic rings. The Balaban J connectivity index is 1.89. The van der Waals surface area contributed by atoms with Gasteiger partial charge in [0.25, 0.3) is 11.4 Å². The van der Waals surface area contributed by atoms with Crippen molar-refractivity contribution in [3.8, 4) is 33.8 Å². The van der Waals surface area contributed by atoms with Crippen molar-refractivity contribution in [1.29, 1.82) is 0 Å². The zero-order chi connectivity index (χ0) is 19.1. The Morgan fingerprint density at radius 2 is 1.93 bits per heavy atom. The highest BCUT2D eigenvalue weighted by atomic mass is 16.5. The molecule has 0 unspecified atom stereocenters. The Bertz CT molecular complexity index is 1230. The molecule has 0 radical (unpaired) electrons. The summed E-state index contributed by atoms with van der Waals surface area (Å²) in [6, 6.07) is 14.0. The molecule has 6 heteroatoms. The molecule has 0 fully saturated rings. The van der Waals surface area contributed by atoms with Crippen molar-refractivity contribution >= 4 is 0 Å². The van der Waals surface area contributed by atoms with Gasteiger partial charge in [-0.25, -0.2) is 0 Å². The highest BCUT2D eigenvalue weighted by Gasteiger charge is 2.24. The molecule has 0 amide bonds. The fourth-order valence-corrected chi connectivity index (χ4v) is 3.85. The first-order valence-electron chi connectivity index (χ1n) is 9.29. The third-order valence-corrected chi connectivity index (χ3v) is 5.13. The van der Waals surface area contributed by atoms with Gasteiger partial charge >= 0.3 is 0 Å². The highest BCUT2D eigenvalue weighted by molar-refractivity contribution is 5.85. The van der Waals surface area contributed by atoms with Gasteiger partial charge in [-0.2, -0.15) is 4.98 Å². The molecule has 138 valence electrons. The molecule has 4 aromatic rings. The molecule has 0 saturated heterocycles. The first-order valence-corrected chi connectivity index (χ1v) is 9.29. The van der Waals surface area contributed by atoms with Crippen LogP contribution in [0.5, 0.6) is 0 Å². The standard InChI is InChI=1S/C22H18N4O2/c1-14-24-21(28-25-14)18-12-17(15-6-3-2-4-7-15)20-19-13-23-10-9-16(19)8-5-11-26(20)22(18)27/h2-4,6-7,9-10,12-13H,5,8,11H2,1H3. The molecule has 0 saturated carbocycles. The topological polar surface area (TPSA) is 73.8 Å². The van der Waals surface area contributed by atoms with Crippen molar-refractivity contribution in [2.45, 2.75) is 26.3 Å². The van der Waals surface area contributed by atoms with E-state index in [4.69, 9.17) is 4.52 Å². The van der Waals surface area contributed by atoms with E-state index in [2.05, 4.69) is 15.1 Å². The molecule has 6 nitrogen and oxygen atoms in total. The predicted molar refractivity (Wildman–Crippen MR) is 106 cm³/mol. The summed E-state index contributed by atoms with van der Waals surface area (Å²) in [7, 11) is 0. The number of benzene rings is 1. The minimum Gasteiger partial charge on any atom is -0.334 e. The van der Waals surface area contributed by atoms with E-state index in [1.807, 2.05) is 59.4 Å². The first kappa shape index (κ1) is 16.6. The van der Waals surface area contributed by atoms with Crippen molar-refractivity contribution in [2.75, 3.05) is 0 Å². The Labute approximate surface area is 161 Å². The van der Waals surface area contributed by atoms with Gasteiger partial charge in [-0.3, -0.25) is 9.78 Å². The van der Waals surface area contributed by atoms with Crippen LogP contribution in [0.1, 0.15) is 17.8 Å². The van der Waals surface area contributed by atoms with E-state index in [0.717, 1.165) is 35.2 Å². The molecular weight excluding hydrogens is 352 g/mol. The van der Waals surface area contributed by atoms with Crippen LogP contribution < -0.4 is 5.56 Å². The van der Waals surface area contributed by atoms with Crippen LogP contribution in [-0.4, -0.2) is 19.7 Å². The normalized spacial score (nSPS) is 12.9. The maximum absolute atomic E-state index is 13.4. The van der Waals surface area contributed by atoms with Gasteiger partial charge in [0.05, 0.1) is 5.69 Å². The molecule has 3 aromatic heterocycles. The smallest absolute Gasteiger partial charge is 0.263 e. The predicted octanol–water partition coefficient (Wildman–Crippen LogP) is 3.88. The monoisotopic (exact) mass is 370 g/mol. The van der Waals surface area contributed by atoms with Crippen LogP contribution in [-0.2, 0) is 13.0 Å². The number of aryl methyl sites for hydroxylation is 2. The van der Waals surface area contributed by atoms with Gasteiger partial charge in [0.15, 0.2) is 5.82 Å². The fraction of sp³-hybridized carbons (Fsp3) is 0.182. The van der Waals surface area contributed by atoms with Crippen molar-refractivity contribution in [3.05, 3.63) is 76.6 Å². The second kappa shape index (κ2) is 6.56. The summed E-state index contributed by atoms with van der Waals surface area (Å²) in [6.07, 6.45) is 5.45. The lowest BCUT2D eigenvalue weighted by atomic mass is 9.95. The van der Waals surface area contributed by atoms with Crippen molar-refractivity contribution in [1.82, 2.24) is 19.7 Å². The van der Waals surface area contributed by atoms with Gasteiger partial charge < -0.3 is 9.09 Å².